The molecule has 2 aromatic carbocycles. The third-order valence-electron chi connectivity index (χ3n) is 6.76. The van der Waals surface area contributed by atoms with Crippen LogP contribution in [0.4, 0.5) is 0 Å². The van der Waals surface area contributed by atoms with Crippen LogP contribution in [0.1, 0.15) is 49.1 Å². The molecule has 0 atom stereocenters. The molecular weight excluding hydrogens is 408 g/mol. The van der Waals surface area contributed by atoms with Gasteiger partial charge in [0.1, 0.15) is 18.7 Å². The summed E-state index contributed by atoms with van der Waals surface area (Å²) in [5.41, 5.74) is 6.01. The molecule has 2 heterocycles. The second-order valence-corrected chi connectivity index (χ2v) is 9.12. The van der Waals surface area contributed by atoms with E-state index in [0.29, 0.717) is 17.5 Å². The molecule has 2 aliphatic carbocycles. The van der Waals surface area contributed by atoms with Crippen LogP contribution in [0, 0.1) is 0 Å². The lowest BCUT2D eigenvalue weighted by Crippen LogP contribution is -2.36. The summed E-state index contributed by atoms with van der Waals surface area (Å²) in [6, 6.07) is 16.0. The number of ether oxygens (including phenoxy) is 1. The van der Waals surface area contributed by atoms with Crippen LogP contribution in [0.15, 0.2) is 54.9 Å². The van der Waals surface area contributed by atoms with Crippen molar-refractivity contribution >= 4 is 17.2 Å². The number of hydrogen-bond donors (Lipinski definition) is 0. The fourth-order valence-corrected chi connectivity index (χ4v) is 5.47. The summed E-state index contributed by atoms with van der Waals surface area (Å²) in [7, 11) is 0. The normalized spacial score (nSPS) is 16.8. The third-order valence-corrected chi connectivity index (χ3v) is 7.01. The Bertz CT molecular complexity index is 1260. The maximum absolute atomic E-state index is 5.97. The number of rotatable bonds is 3. The number of aromatic nitrogens is 4. The van der Waals surface area contributed by atoms with Gasteiger partial charge in [0.2, 0.25) is 0 Å². The number of nitrogens with zero attached hydrogens (tertiary/aromatic N) is 4. The van der Waals surface area contributed by atoms with Gasteiger partial charge in [0, 0.05) is 21.6 Å². The van der Waals surface area contributed by atoms with Gasteiger partial charge in [-0.2, -0.15) is 0 Å². The highest BCUT2D eigenvalue weighted by Gasteiger charge is 2.42. The lowest BCUT2D eigenvalue weighted by molar-refractivity contribution is 0.288. The van der Waals surface area contributed by atoms with Crippen molar-refractivity contribution in [1.29, 1.82) is 0 Å². The first-order chi connectivity index (χ1) is 15.2. The summed E-state index contributed by atoms with van der Waals surface area (Å²) in [6.07, 6.45) is 9.03. The Labute approximate surface area is 186 Å². The molecule has 0 bridgehead atoms. The molecule has 1 spiro atoms. The summed E-state index contributed by atoms with van der Waals surface area (Å²) in [4.78, 5) is 9.83. The predicted molar refractivity (Wildman–Crippen MR) is 120 cm³/mol. The van der Waals surface area contributed by atoms with Gasteiger partial charge in [-0.05, 0) is 49.1 Å². The molecule has 0 amide bonds. The van der Waals surface area contributed by atoms with Gasteiger partial charge in [0.15, 0.2) is 11.5 Å². The van der Waals surface area contributed by atoms with Crippen LogP contribution < -0.4 is 4.74 Å². The molecule has 156 valence electrons. The van der Waals surface area contributed by atoms with Crippen LogP contribution in [0.2, 0.25) is 5.02 Å². The summed E-state index contributed by atoms with van der Waals surface area (Å²) in [5, 5.41) is 5.37. The Hall–Kier alpha value is -2.92. The maximum Gasteiger partial charge on any atom is 0.189 e. The molecule has 2 aromatic heterocycles. The van der Waals surface area contributed by atoms with Crippen LogP contribution in [0.5, 0.6) is 5.75 Å². The third kappa shape index (κ3) is 3.19. The smallest absolute Gasteiger partial charge is 0.189 e. The van der Waals surface area contributed by atoms with Crippen molar-refractivity contribution in [2.75, 3.05) is 0 Å². The molecule has 5 nitrogen and oxygen atoms in total. The molecular formula is C25H23ClN4O. The SMILES string of the molecule is Clc1ccc(OCc2nc3c4c(ncn3n2)-c2ccccc2CC42CCCCC2)cc1. The number of benzene rings is 2. The zero-order valence-corrected chi connectivity index (χ0v) is 18.0. The largest absolute Gasteiger partial charge is 0.486 e. The van der Waals surface area contributed by atoms with Gasteiger partial charge in [-0.25, -0.2) is 14.5 Å². The van der Waals surface area contributed by atoms with Crippen LogP contribution in [-0.2, 0) is 18.4 Å². The van der Waals surface area contributed by atoms with Crippen molar-refractivity contribution in [3.05, 3.63) is 76.8 Å². The molecule has 2 aliphatic rings. The van der Waals surface area contributed by atoms with Crippen molar-refractivity contribution in [1.82, 2.24) is 19.6 Å². The molecule has 6 heteroatoms. The average molecular weight is 431 g/mol. The number of halogens is 1. The van der Waals surface area contributed by atoms with Crippen molar-refractivity contribution in [2.45, 2.75) is 50.5 Å². The second kappa shape index (κ2) is 7.34. The van der Waals surface area contributed by atoms with Crippen molar-refractivity contribution < 1.29 is 4.74 Å². The topological polar surface area (TPSA) is 52.3 Å². The molecule has 0 unspecified atom stereocenters. The molecule has 1 fully saturated rings. The van der Waals surface area contributed by atoms with Crippen molar-refractivity contribution in [3.63, 3.8) is 0 Å². The highest BCUT2D eigenvalue weighted by atomic mass is 35.5. The molecule has 0 aliphatic heterocycles. The van der Waals surface area contributed by atoms with Crippen LogP contribution in [-0.4, -0.2) is 19.6 Å². The average Bonchev–Trinajstić information content (AvgIpc) is 3.22. The standard InChI is InChI=1S/C25H23ClN4O/c26-18-8-10-19(11-9-18)31-15-21-28-24-22-23(27-16-30(24)29-21)20-7-3-2-6-17(20)14-25(22)12-4-1-5-13-25/h2-3,6-11,16H,1,4-5,12-15H2. The van der Waals surface area contributed by atoms with E-state index >= 15 is 0 Å². The molecule has 1 saturated carbocycles. The Morgan fingerprint density at radius 3 is 2.65 bits per heavy atom. The molecule has 0 saturated heterocycles. The van der Waals surface area contributed by atoms with E-state index in [1.165, 1.54) is 48.8 Å². The Kier molecular flexibility index (Phi) is 4.46. The lowest BCUT2D eigenvalue weighted by Gasteiger charge is -2.42. The van der Waals surface area contributed by atoms with Gasteiger partial charge in [-0.3, -0.25) is 0 Å². The summed E-state index contributed by atoms with van der Waals surface area (Å²) in [5.74, 6) is 1.41. The fraction of sp³-hybridized carbons (Fsp3) is 0.320. The van der Waals surface area contributed by atoms with Gasteiger partial charge < -0.3 is 4.74 Å². The molecule has 6 rings (SSSR count). The minimum Gasteiger partial charge on any atom is -0.486 e. The number of hydrogen-bond acceptors (Lipinski definition) is 4. The zero-order valence-electron chi connectivity index (χ0n) is 17.2. The van der Waals surface area contributed by atoms with Gasteiger partial charge in [0.25, 0.3) is 0 Å². The van der Waals surface area contributed by atoms with Gasteiger partial charge in [-0.1, -0.05) is 55.1 Å². The van der Waals surface area contributed by atoms with E-state index in [9.17, 15) is 0 Å². The highest BCUT2D eigenvalue weighted by Crippen LogP contribution is 2.50. The van der Waals surface area contributed by atoms with Crippen LogP contribution in [0.3, 0.4) is 0 Å². The van der Waals surface area contributed by atoms with E-state index < -0.39 is 0 Å². The van der Waals surface area contributed by atoms with Gasteiger partial charge >= 0.3 is 0 Å². The van der Waals surface area contributed by atoms with Crippen molar-refractivity contribution in [2.24, 2.45) is 0 Å². The first-order valence-corrected chi connectivity index (χ1v) is 11.3. The van der Waals surface area contributed by atoms with E-state index in [1.807, 2.05) is 28.8 Å². The Morgan fingerprint density at radius 1 is 1.00 bits per heavy atom. The second-order valence-electron chi connectivity index (χ2n) is 8.68. The summed E-state index contributed by atoms with van der Waals surface area (Å²) >= 11 is 5.97. The molecule has 4 aromatic rings. The van der Waals surface area contributed by atoms with E-state index in [-0.39, 0.29) is 5.41 Å². The maximum atomic E-state index is 5.97. The minimum atomic E-state index is 0.0960. The first kappa shape index (κ1) is 18.8. The zero-order chi connectivity index (χ0) is 20.8. The summed E-state index contributed by atoms with van der Waals surface area (Å²) in [6.45, 7) is 0.307. The predicted octanol–water partition coefficient (Wildman–Crippen LogP) is 5.78. The van der Waals surface area contributed by atoms with Gasteiger partial charge in [-0.15, -0.1) is 5.10 Å². The molecule has 31 heavy (non-hydrogen) atoms. The molecule has 0 radical (unpaired) electrons. The minimum absolute atomic E-state index is 0.0960. The van der Waals surface area contributed by atoms with E-state index in [1.54, 1.807) is 6.33 Å². The van der Waals surface area contributed by atoms with Crippen molar-refractivity contribution in [3.8, 4) is 17.0 Å². The first-order valence-electron chi connectivity index (χ1n) is 10.9. The Balaban J connectivity index is 1.44. The highest BCUT2D eigenvalue weighted by molar-refractivity contribution is 6.30. The Morgan fingerprint density at radius 2 is 1.81 bits per heavy atom. The van der Waals surface area contributed by atoms with Gasteiger partial charge in [0.05, 0.1) is 5.69 Å². The van der Waals surface area contributed by atoms with E-state index in [4.69, 9.17) is 26.3 Å². The fourth-order valence-electron chi connectivity index (χ4n) is 5.35. The van der Waals surface area contributed by atoms with Crippen LogP contribution >= 0.6 is 11.6 Å². The molecule has 0 N–H and O–H groups in total. The van der Waals surface area contributed by atoms with E-state index in [0.717, 1.165) is 23.5 Å². The lowest BCUT2D eigenvalue weighted by atomic mass is 9.62. The van der Waals surface area contributed by atoms with Crippen LogP contribution in [0.25, 0.3) is 16.9 Å². The quantitative estimate of drug-likeness (QED) is 0.413. The number of fused-ring (bicyclic) bond motifs is 6. The monoisotopic (exact) mass is 430 g/mol. The van der Waals surface area contributed by atoms with E-state index in [2.05, 4.69) is 29.4 Å². The summed E-state index contributed by atoms with van der Waals surface area (Å²) < 4.78 is 7.73.